The standard InChI is InChI=1S/C12H18FNO/c1-12(6-3-7-14-11(12)13)9-4-2-5-10(15)8-9/h3,6-7,9-11,15H,2,4-5,8H2,1H3. The number of nitrogens with zero attached hydrogens (tertiary/aromatic N) is 1. The van der Waals surface area contributed by atoms with Gasteiger partial charge < -0.3 is 5.11 Å². The normalized spacial score (nSPS) is 45.7. The number of alkyl halides is 1. The van der Waals surface area contributed by atoms with Crippen molar-refractivity contribution in [1.29, 1.82) is 0 Å². The molecule has 1 heterocycles. The monoisotopic (exact) mass is 211 g/mol. The van der Waals surface area contributed by atoms with Crippen LogP contribution in [0.3, 0.4) is 0 Å². The Hall–Kier alpha value is -0.700. The van der Waals surface area contributed by atoms with Gasteiger partial charge >= 0.3 is 0 Å². The van der Waals surface area contributed by atoms with Crippen molar-refractivity contribution in [3.63, 3.8) is 0 Å². The molecule has 3 heteroatoms. The van der Waals surface area contributed by atoms with Crippen molar-refractivity contribution in [2.45, 2.75) is 45.0 Å². The molecule has 4 atom stereocenters. The van der Waals surface area contributed by atoms with Gasteiger partial charge in [-0.2, -0.15) is 0 Å². The fourth-order valence-electron chi connectivity index (χ4n) is 2.68. The zero-order chi connectivity index (χ0) is 10.9. The molecular formula is C12H18FNO. The summed E-state index contributed by atoms with van der Waals surface area (Å²) in [5.74, 6) is 0.213. The molecule has 15 heavy (non-hydrogen) atoms. The third-order valence-electron chi connectivity index (χ3n) is 3.80. The Morgan fingerprint density at radius 2 is 2.27 bits per heavy atom. The number of halogens is 1. The van der Waals surface area contributed by atoms with Gasteiger partial charge in [-0.15, -0.1) is 0 Å². The predicted molar refractivity (Wildman–Crippen MR) is 58.6 cm³/mol. The number of allylic oxidation sites excluding steroid dienone is 1. The van der Waals surface area contributed by atoms with Crippen LogP contribution in [0.4, 0.5) is 4.39 Å². The molecule has 0 saturated heterocycles. The van der Waals surface area contributed by atoms with Crippen LogP contribution in [0.5, 0.6) is 0 Å². The highest BCUT2D eigenvalue weighted by molar-refractivity contribution is 5.72. The van der Waals surface area contributed by atoms with Crippen molar-refractivity contribution in [1.82, 2.24) is 0 Å². The molecule has 0 bridgehead atoms. The van der Waals surface area contributed by atoms with Crippen molar-refractivity contribution < 1.29 is 9.50 Å². The predicted octanol–water partition coefficient (Wildman–Crippen LogP) is 2.48. The molecular weight excluding hydrogens is 193 g/mol. The van der Waals surface area contributed by atoms with Gasteiger partial charge in [-0.3, -0.25) is 4.99 Å². The first-order valence-corrected chi connectivity index (χ1v) is 5.66. The molecule has 1 saturated carbocycles. The molecule has 2 rings (SSSR count). The van der Waals surface area contributed by atoms with E-state index in [2.05, 4.69) is 4.99 Å². The molecule has 1 aliphatic carbocycles. The first-order chi connectivity index (χ1) is 7.13. The van der Waals surface area contributed by atoms with E-state index >= 15 is 0 Å². The number of rotatable bonds is 1. The lowest BCUT2D eigenvalue weighted by Gasteiger charge is -2.40. The summed E-state index contributed by atoms with van der Waals surface area (Å²) >= 11 is 0. The Kier molecular flexibility index (Phi) is 2.91. The molecule has 2 aliphatic rings. The van der Waals surface area contributed by atoms with Gasteiger partial charge in [-0.1, -0.05) is 19.4 Å². The second kappa shape index (κ2) is 4.05. The summed E-state index contributed by atoms with van der Waals surface area (Å²) in [6.45, 7) is 1.91. The minimum atomic E-state index is -1.15. The maximum atomic E-state index is 13.8. The van der Waals surface area contributed by atoms with E-state index in [9.17, 15) is 9.50 Å². The zero-order valence-electron chi connectivity index (χ0n) is 9.06. The fourth-order valence-corrected chi connectivity index (χ4v) is 2.68. The minimum absolute atomic E-state index is 0.213. The van der Waals surface area contributed by atoms with Crippen LogP contribution in [0.15, 0.2) is 17.1 Å². The second-order valence-electron chi connectivity index (χ2n) is 4.88. The largest absolute Gasteiger partial charge is 0.393 e. The van der Waals surface area contributed by atoms with E-state index in [1.165, 1.54) is 6.21 Å². The highest BCUT2D eigenvalue weighted by atomic mass is 19.1. The quantitative estimate of drug-likeness (QED) is 0.664. The van der Waals surface area contributed by atoms with Gasteiger partial charge in [0.25, 0.3) is 0 Å². The van der Waals surface area contributed by atoms with Crippen molar-refractivity contribution in [2.75, 3.05) is 0 Å². The maximum absolute atomic E-state index is 13.8. The molecule has 0 radical (unpaired) electrons. The van der Waals surface area contributed by atoms with Gasteiger partial charge in [-0.25, -0.2) is 4.39 Å². The van der Waals surface area contributed by atoms with Gasteiger partial charge in [0.2, 0.25) is 0 Å². The number of hydrogen-bond donors (Lipinski definition) is 1. The van der Waals surface area contributed by atoms with Gasteiger partial charge in [0.15, 0.2) is 6.30 Å². The molecule has 0 aromatic rings. The van der Waals surface area contributed by atoms with Crippen molar-refractivity contribution in [3.05, 3.63) is 12.2 Å². The van der Waals surface area contributed by atoms with Gasteiger partial charge in [0, 0.05) is 11.6 Å². The number of hydrogen-bond acceptors (Lipinski definition) is 2. The Balaban J connectivity index is 2.14. The summed E-state index contributed by atoms with van der Waals surface area (Å²) in [4.78, 5) is 3.82. The van der Waals surface area contributed by atoms with Gasteiger partial charge in [0.1, 0.15) is 0 Å². The van der Waals surface area contributed by atoms with Crippen molar-refractivity contribution in [3.8, 4) is 0 Å². The summed E-state index contributed by atoms with van der Waals surface area (Å²) < 4.78 is 13.8. The third-order valence-corrected chi connectivity index (χ3v) is 3.80. The first-order valence-electron chi connectivity index (χ1n) is 5.66. The lowest BCUT2D eigenvalue weighted by atomic mass is 9.68. The van der Waals surface area contributed by atoms with Crippen LogP contribution >= 0.6 is 0 Å². The zero-order valence-corrected chi connectivity index (χ0v) is 9.06. The summed E-state index contributed by atoms with van der Waals surface area (Å²) in [6, 6.07) is 0. The van der Waals surface area contributed by atoms with Crippen LogP contribution in [0.1, 0.15) is 32.6 Å². The Morgan fingerprint density at radius 3 is 2.93 bits per heavy atom. The Morgan fingerprint density at radius 1 is 1.47 bits per heavy atom. The number of dihydropyridines is 1. The highest BCUT2D eigenvalue weighted by Gasteiger charge is 2.42. The second-order valence-corrected chi connectivity index (χ2v) is 4.88. The lowest BCUT2D eigenvalue weighted by Crippen LogP contribution is -2.39. The number of aliphatic hydroxyl groups excluding tert-OH is 1. The molecule has 4 unspecified atom stereocenters. The van der Waals surface area contributed by atoms with E-state index in [1.807, 2.05) is 19.1 Å². The summed E-state index contributed by atoms with van der Waals surface area (Å²) in [7, 11) is 0. The van der Waals surface area contributed by atoms with E-state index < -0.39 is 11.7 Å². The minimum Gasteiger partial charge on any atom is -0.393 e. The third kappa shape index (κ3) is 1.98. The lowest BCUT2D eigenvalue weighted by molar-refractivity contribution is 0.0265. The molecule has 1 aliphatic heterocycles. The van der Waals surface area contributed by atoms with Crippen LogP contribution in [0.25, 0.3) is 0 Å². The van der Waals surface area contributed by atoms with Gasteiger partial charge in [-0.05, 0) is 31.3 Å². The van der Waals surface area contributed by atoms with Crippen LogP contribution < -0.4 is 0 Å². The maximum Gasteiger partial charge on any atom is 0.198 e. The van der Waals surface area contributed by atoms with Crippen LogP contribution in [-0.2, 0) is 0 Å². The van der Waals surface area contributed by atoms with E-state index in [-0.39, 0.29) is 12.0 Å². The topological polar surface area (TPSA) is 32.6 Å². The summed E-state index contributed by atoms with van der Waals surface area (Å²) in [5, 5.41) is 9.63. The molecule has 0 amide bonds. The average molecular weight is 211 g/mol. The molecule has 84 valence electrons. The Bertz CT molecular complexity index is 289. The first kappa shape index (κ1) is 10.8. The number of aliphatic imine (C=N–C) groups is 1. The van der Waals surface area contributed by atoms with E-state index in [1.54, 1.807) is 0 Å². The smallest absolute Gasteiger partial charge is 0.198 e. The molecule has 1 N–H and O–H groups in total. The number of aliphatic hydroxyl groups is 1. The average Bonchev–Trinajstić information content (AvgIpc) is 2.23. The van der Waals surface area contributed by atoms with Gasteiger partial charge in [0.05, 0.1) is 6.10 Å². The fraction of sp³-hybridized carbons (Fsp3) is 0.750. The molecule has 0 aromatic carbocycles. The molecule has 2 nitrogen and oxygen atoms in total. The van der Waals surface area contributed by atoms with E-state index in [0.717, 1.165) is 19.3 Å². The molecule has 0 aromatic heterocycles. The SMILES string of the molecule is CC1(C2CCCC(O)C2)C=CC=NC1F. The van der Waals surface area contributed by atoms with Crippen molar-refractivity contribution in [2.24, 2.45) is 16.3 Å². The van der Waals surface area contributed by atoms with Crippen LogP contribution in [0.2, 0.25) is 0 Å². The van der Waals surface area contributed by atoms with E-state index in [0.29, 0.717) is 6.42 Å². The highest BCUT2D eigenvalue weighted by Crippen LogP contribution is 2.44. The van der Waals surface area contributed by atoms with E-state index in [4.69, 9.17) is 0 Å². The molecule has 1 fully saturated rings. The Labute approximate surface area is 89.9 Å². The van der Waals surface area contributed by atoms with Crippen molar-refractivity contribution >= 4 is 6.21 Å². The molecule has 0 spiro atoms. The summed E-state index contributed by atoms with van der Waals surface area (Å²) in [6.07, 6.45) is 7.38. The van der Waals surface area contributed by atoms with Crippen LogP contribution in [-0.4, -0.2) is 23.7 Å². The van der Waals surface area contributed by atoms with Crippen LogP contribution in [0, 0.1) is 11.3 Å². The summed E-state index contributed by atoms with van der Waals surface area (Å²) in [5.41, 5.74) is -0.518.